The van der Waals surface area contributed by atoms with Gasteiger partial charge in [0.2, 0.25) is 0 Å². The molecule has 8 rings (SSSR count). The Morgan fingerprint density at radius 1 is 0.352 bits per heavy atom. The van der Waals surface area contributed by atoms with Crippen LogP contribution in [0.1, 0.15) is 65.8 Å². The summed E-state index contributed by atoms with van der Waals surface area (Å²) in [5, 5.41) is 0. The molecule has 0 aliphatic heterocycles. The van der Waals surface area contributed by atoms with Crippen molar-refractivity contribution in [2.75, 3.05) is 9.80 Å². The van der Waals surface area contributed by atoms with E-state index < -0.39 is 0 Å². The minimum absolute atomic E-state index is 0.572. The molecular formula is C52H50N2. The zero-order chi connectivity index (χ0) is 37.0. The molecule has 1 fully saturated rings. The van der Waals surface area contributed by atoms with Crippen molar-refractivity contribution in [3.8, 4) is 22.3 Å². The minimum Gasteiger partial charge on any atom is -0.311 e. The Hall–Kier alpha value is -5.86. The van der Waals surface area contributed by atoms with Crippen molar-refractivity contribution in [2.45, 2.75) is 65.7 Å². The van der Waals surface area contributed by atoms with Crippen LogP contribution in [0.5, 0.6) is 0 Å². The maximum absolute atomic E-state index is 2.40. The van der Waals surface area contributed by atoms with Crippen LogP contribution in [0.2, 0.25) is 0 Å². The van der Waals surface area contributed by atoms with Crippen molar-refractivity contribution in [1.29, 1.82) is 0 Å². The van der Waals surface area contributed by atoms with Crippen molar-refractivity contribution in [2.24, 2.45) is 0 Å². The fourth-order valence-corrected chi connectivity index (χ4v) is 8.12. The van der Waals surface area contributed by atoms with E-state index in [4.69, 9.17) is 0 Å². The number of rotatable bonds is 9. The highest BCUT2D eigenvalue weighted by Gasteiger charge is 2.23. The Morgan fingerprint density at radius 2 is 0.685 bits per heavy atom. The summed E-state index contributed by atoms with van der Waals surface area (Å²) < 4.78 is 0. The van der Waals surface area contributed by atoms with E-state index in [0.717, 1.165) is 34.1 Å². The van der Waals surface area contributed by atoms with Crippen LogP contribution < -0.4 is 9.80 Å². The molecule has 1 aliphatic carbocycles. The van der Waals surface area contributed by atoms with Crippen molar-refractivity contribution in [3.63, 3.8) is 0 Å². The lowest BCUT2D eigenvalue weighted by molar-refractivity contribution is 0.444. The summed E-state index contributed by atoms with van der Waals surface area (Å²) in [6.45, 7) is 8.58. The first-order valence-corrected chi connectivity index (χ1v) is 19.6. The van der Waals surface area contributed by atoms with Crippen molar-refractivity contribution in [3.05, 3.63) is 192 Å². The molecule has 0 spiro atoms. The zero-order valence-electron chi connectivity index (χ0n) is 32.1. The molecule has 1 saturated carbocycles. The highest BCUT2D eigenvalue weighted by atomic mass is 15.1. The maximum atomic E-state index is 2.40. The summed E-state index contributed by atoms with van der Waals surface area (Å²) in [6, 6.07) is 60.9. The van der Waals surface area contributed by atoms with Crippen LogP contribution >= 0.6 is 0 Å². The monoisotopic (exact) mass is 702 g/mol. The summed E-state index contributed by atoms with van der Waals surface area (Å²) in [5.74, 6) is 0.572. The molecule has 7 aromatic rings. The number of nitrogens with zero attached hydrogens (tertiary/aromatic N) is 2. The van der Waals surface area contributed by atoms with Crippen molar-refractivity contribution < 1.29 is 0 Å². The number of benzene rings is 7. The number of anilines is 6. The van der Waals surface area contributed by atoms with Crippen LogP contribution in [-0.2, 0) is 0 Å². The molecule has 0 aromatic heterocycles. The summed E-state index contributed by atoms with van der Waals surface area (Å²) >= 11 is 0. The van der Waals surface area contributed by atoms with Gasteiger partial charge in [-0.1, -0.05) is 133 Å². The quantitative estimate of drug-likeness (QED) is 0.148. The molecule has 268 valence electrons. The minimum atomic E-state index is 0.572. The highest BCUT2D eigenvalue weighted by molar-refractivity contribution is 5.89. The third-order valence-electron chi connectivity index (χ3n) is 11.2. The van der Waals surface area contributed by atoms with Gasteiger partial charge in [0.05, 0.1) is 0 Å². The molecule has 0 N–H and O–H groups in total. The van der Waals surface area contributed by atoms with E-state index in [1.807, 2.05) is 0 Å². The third-order valence-corrected chi connectivity index (χ3v) is 11.2. The summed E-state index contributed by atoms with van der Waals surface area (Å²) in [5.41, 5.74) is 18.6. The first kappa shape index (κ1) is 35.2. The Balaban J connectivity index is 1.20. The summed E-state index contributed by atoms with van der Waals surface area (Å²) in [7, 11) is 0. The predicted octanol–water partition coefficient (Wildman–Crippen LogP) is 15.2. The van der Waals surface area contributed by atoms with Gasteiger partial charge in [-0.25, -0.2) is 0 Å². The third kappa shape index (κ3) is 7.48. The van der Waals surface area contributed by atoms with Gasteiger partial charge in [-0.15, -0.1) is 0 Å². The normalized spacial score (nSPS) is 13.1. The van der Waals surface area contributed by atoms with E-state index in [0.29, 0.717) is 5.92 Å². The molecule has 2 heteroatoms. The van der Waals surface area contributed by atoms with E-state index in [-0.39, 0.29) is 0 Å². The van der Waals surface area contributed by atoms with E-state index in [1.165, 1.54) is 82.2 Å². The molecular weight excluding hydrogens is 653 g/mol. The zero-order valence-corrected chi connectivity index (χ0v) is 32.1. The van der Waals surface area contributed by atoms with Gasteiger partial charge in [-0.05, 0) is 147 Å². The predicted molar refractivity (Wildman–Crippen MR) is 231 cm³/mol. The second-order valence-corrected chi connectivity index (χ2v) is 15.2. The SMILES string of the molecule is Cc1ccc(N(c2ccc(C)cc2)c2ccc(-c3cccc(C4CCCCC4)c3-c3ccc(N(c4ccc(C)cc4)c4ccc(C)cc4)cc3)cc2)cc1. The van der Waals surface area contributed by atoms with Crippen LogP contribution in [0.25, 0.3) is 22.3 Å². The van der Waals surface area contributed by atoms with Gasteiger partial charge in [0.15, 0.2) is 0 Å². The fourth-order valence-electron chi connectivity index (χ4n) is 8.12. The molecule has 0 atom stereocenters. The van der Waals surface area contributed by atoms with Crippen LogP contribution in [0.4, 0.5) is 34.1 Å². The molecule has 0 radical (unpaired) electrons. The lowest BCUT2D eigenvalue weighted by Crippen LogP contribution is -2.10. The van der Waals surface area contributed by atoms with Gasteiger partial charge < -0.3 is 9.80 Å². The van der Waals surface area contributed by atoms with Crippen LogP contribution in [-0.4, -0.2) is 0 Å². The van der Waals surface area contributed by atoms with E-state index >= 15 is 0 Å². The average Bonchev–Trinajstić information content (AvgIpc) is 3.21. The Labute approximate surface area is 322 Å². The van der Waals surface area contributed by atoms with Crippen LogP contribution in [0, 0.1) is 27.7 Å². The van der Waals surface area contributed by atoms with Gasteiger partial charge in [-0.2, -0.15) is 0 Å². The fraction of sp³-hybridized carbons (Fsp3) is 0.192. The maximum Gasteiger partial charge on any atom is 0.0462 e. The van der Waals surface area contributed by atoms with Gasteiger partial charge in [-0.3, -0.25) is 0 Å². The molecule has 1 aliphatic rings. The topological polar surface area (TPSA) is 6.48 Å². The van der Waals surface area contributed by atoms with Gasteiger partial charge >= 0.3 is 0 Å². The van der Waals surface area contributed by atoms with Gasteiger partial charge in [0, 0.05) is 34.1 Å². The number of hydrogen-bond donors (Lipinski definition) is 0. The van der Waals surface area contributed by atoms with E-state index in [9.17, 15) is 0 Å². The number of aryl methyl sites for hydroxylation is 4. The average molecular weight is 703 g/mol. The van der Waals surface area contributed by atoms with Crippen LogP contribution in [0.15, 0.2) is 164 Å². The molecule has 0 heterocycles. The van der Waals surface area contributed by atoms with E-state index in [2.05, 4.69) is 201 Å². The van der Waals surface area contributed by atoms with Crippen molar-refractivity contribution in [1.82, 2.24) is 0 Å². The van der Waals surface area contributed by atoms with E-state index in [1.54, 1.807) is 0 Å². The summed E-state index contributed by atoms with van der Waals surface area (Å²) in [4.78, 5) is 4.72. The summed E-state index contributed by atoms with van der Waals surface area (Å²) in [6.07, 6.45) is 6.46. The molecule has 54 heavy (non-hydrogen) atoms. The lowest BCUT2D eigenvalue weighted by Gasteiger charge is -2.28. The van der Waals surface area contributed by atoms with Crippen LogP contribution in [0.3, 0.4) is 0 Å². The van der Waals surface area contributed by atoms with Crippen molar-refractivity contribution >= 4 is 34.1 Å². The first-order chi connectivity index (χ1) is 26.4. The second-order valence-electron chi connectivity index (χ2n) is 15.2. The standard InChI is InChI=1S/C52H50N2/c1-37-13-25-44(26-14-37)53(45-27-15-38(2)16-28-45)48-33-21-42(22-34-48)51-12-8-11-50(41-9-6-5-7-10-41)52(51)43-23-35-49(36-24-43)54(46-29-17-39(3)18-30-46)47-31-19-40(4)20-32-47/h8,11-36,41H,5-7,9-10H2,1-4H3. The Bertz CT molecular complexity index is 2200. The largest absolute Gasteiger partial charge is 0.311 e. The van der Waals surface area contributed by atoms with Gasteiger partial charge in [0.1, 0.15) is 0 Å². The Morgan fingerprint density at radius 3 is 1.06 bits per heavy atom. The second kappa shape index (κ2) is 15.6. The first-order valence-electron chi connectivity index (χ1n) is 19.6. The lowest BCUT2D eigenvalue weighted by atomic mass is 9.78. The smallest absolute Gasteiger partial charge is 0.0462 e. The molecule has 0 amide bonds. The molecule has 7 aromatic carbocycles. The number of hydrogen-bond acceptors (Lipinski definition) is 2. The molecule has 0 unspecified atom stereocenters. The highest BCUT2D eigenvalue weighted by Crippen LogP contribution is 2.45. The molecule has 2 nitrogen and oxygen atoms in total. The van der Waals surface area contributed by atoms with Gasteiger partial charge in [0.25, 0.3) is 0 Å². The molecule has 0 bridgehead atoms. The molecule has 0 saturated heterocycles. The Kier molecular flexibility index (Phi) is 10.2.